The minimum Gasteiger partial charge on any atom is -0.345 e. The van der Waals surface area contributed by atoms with Gasteiger partial charge >= 0.3 is 0 Å². The first-order chi connectivity index (χ1) is 11.5. The lowest BCUT2D eigenvalue weighted by Crippen LogP contribution is -2.47. The molecule has 3 rings (SSSR count). The molecule has 1 saturated heterocycles. The van der Waals surface area contributed by atoms with Gasteiger partial charge in [-0.1, -0.05) is 26.0 Å². The van der Waals surface area contributed by atoms with Gasteiger partial charge in [0.1, 0.15) is 11.9 Å². The van der Waals surface area contributed by atoms with Crippen molar-refractivity contribution in [3.63, 3.8) is 0 Å². The highest BCUT2D eigenvalue weighted by Gasteiger charge is 2.35. The van der Waals surface area contributed by atoms with E-state index in [9.17, 15) is 9.59 Å². The van der Waals surface area contributed by atoms with Gasteiger partial charge in [-0.3, -0.25) is 9.59 Å². The predicted molar refractivity (Wildman–Crippen MR) is 92.2 cm³/mol. The monoisotopic (exact) mass is 328 g/mol. The van der Waals surface area contributed by atoms with E-state index in [0.29, 0.717) is 6.54 Å². The molecule has 1 aliphatic rings. The first-order valence-electron chi connectivity index (χ1n) is 8.53. The molecule has 0 spiro atoms. The summed E-state index contributed by atoms with van der Waals surface area (Å²) in [7, 11) is 0. The summed E-state index contributed by atoms with van der Waals surface area (Å²) in [5.41, 5.74) is 1.83. The molecule has 1 aliphatic heterocycles. The number of aromatic amines is 1. The maximum absolute atomic E-state index is 12.6. The molecule has 6 heteroatoms. The molecule has 1 fully saturated rings. The van der Waals surface area contributed by atoms with Gasteiger partial charge in [-0.15, -0.1) is 0 Å². The van der Waals surface area contributed by atoms with Crippen LogP contribution in [-0.2, 0) is 9.59 Å². The lowest BCUT2D eigenvalue weighted by atomic mass is 10.1. The van der Waals surface area contributed by atoms with Crippen molar-refractivity contribution >= 4 is 22.8 Å². The van der Waals surface area contributed by atoms with Gasteiger partial charge in [-0.05, 0) is 31.9 Å². The van der Waals surface area contributed by atoms with Gasteiger partial charge in [0.2, 0.25) is 11.8 Å². The third-order valence-electron chi connectivity index (χ3n) is 4.51. The van der Waals surface area contributed by atoms with Crippen LogP contribution in [0, 0.1) is 5.92 Å². The van der Waals surface area contributed by atoms with Crippen LogP contribution in [0.2, 0.25) is 0 Å². The lowest BCUT2D eigenvalue weighted by molar-refractivity contribution is -0.141. The van der Waals surface area contributed by atoms with Crippen molar-refractivity contribution in [3.05, 3.63) is 30.1 Å². The quantitative estimate of drug-likeness (QED) is 0.904. The Hall–Kier alpha value is -2.37. The molecular weight excluding hydrogens is 304 g/mol. The summed E-state index contributed by atoms with van der Waals surface area (Å²) in [4.78, 5) is 34.4. The molecule has 1 aromatic heterocycles. The number of amides is 2. The van der Waals surface area contributed by atoms with Crippen LogP contribution in [0.15, 0.2) is 24.3 Å². The van der Waals surface area contributed by atoms with Crippen molar-refractivity contribution in [1.82, 2.24) is 20.2 Å². The SMILES string of the molecule is CC(C)C(=O)N1CCC[C@H]1C(=O)N[C@@H](C)c1nc2ccccc2[nH]1. The number of H-pyrrole nitrogens is 1. The number of carbonyl (C=O) groups is 2. The van der Waals surface area contributed by atoms with Gasteiger partial charge in [0, 0.05) is 12.5 Å². The van der Waals surface area contributed by atoms with Crippen molar-refractivity contribution in [2.45, 2.75) is 45.7 Å². The zero-order valence-corrected chi connectivity index (χ0v) is 14.4. The van der Waals surface area contributed by atoms with Crippen LogP contribution in [0.3, 0.4) is 0 Å². The fourth-order valence-electron chi connectivity index (χ4n) is 3.19. The Kier molecular flexibility index (Phi) is 4.55. The van der Waals surface area contributed by atoms with E-state index in [1.165, 1.54) is 0 Å². The zero-order valence-electron chi connectivity index (χ0n) is 14.4. The maximum Gasteiger partial charge on any atom is 0.243 e. The van der Waals surface area contributed by atoms with E-state index >= 15 is 0 Å². The summed E-state index contributed by atoms with van der Waals surface area (Å²) in [5, 5.41) is 3.00. The number of nitrogens with zero attached hydrogens (tertiary/aromatic N) is 2. The summed E-state index contributed by atoms with van der Waals surface area (Å²) < 4.78 is 0. The summed E-state index contributed by atoms with van der Waals surface area (Å²) in [6.45, 7) is 6.30. The molecule has 2 amide bonds. The molecular formula is C18H24N4O2. The Morgan fingerprint density at radius 1 is 1.29 bits per heavy atom. The van der Waals surface area contributed by atoms with E-state index in [4.69, 9.17) is 0 Å². The number of hydrogen-bond acceptors (Lipinski definition) is 3. The molecule has 0 radical (unpaired) electrons. The number of carbonyl (C=O) groups excluding carboxylic acids is 2. The number of para-hydroxylation sites is 2. The van der Waals surface area contributed by atoms with Crippen molar-refractivity contribution in [2.24, 2.45) is 5.92 Å². The highest BCUT2D eigenvalue weighted by atomic mass is 16.2. The van der Waals surface area contributed by atoms with Crippen molar-refractivity contribution in [2.75, 3.05) is 6.54 Å². The second kappa shape index (κ2) is 6.63. The highest BCUT2D eigenvalue weighted by molar-refractivity contribution is 5.89. The van der Waals surface area contributed by atoms with Crippen LogP contribution in [0.25, 0.3) is 11.0 Å². The van der Waals surface area contributed by atoms with Gasteiger partial charge < -0.3 is 15.2 Å². The van der Waals surface area contributed by atoms with Crippen LogP contribution in [0.1, 0.15) is 45.5 Å². The number of benzene rings is 1. The normalized spacial score (nSPS) is 19.0. The molecule has 0 aliphatic carbocycles. The first-order valence-corrected chi connectivity index (χ1v) is 8.53. The average Bonchev–Trinajstić information content (AvgIpc) is 3.20. The molecule has 0 saturated carbocycles. The van der Waals surface area contributed by atoms with E-state index in [0.717, 1.165) is 29.7 Å². The van der Waals surface area contributed by atoms with Crippen LogP contribution in [0.5, 0.6) is 0 Å². The number of likely N-dealkylation sites (tertiary alicyclic amines) is 1. The number of nitrogens with one attached hydrogen (secondary N) is 2. The van der Waals surface area contributed by atoms with Crippen LogP contribution >= 0.6 is 0 Å². The molecule has 6 nitrogen and oxygen atoms in total. The molecule has 24 heavy (non-hydrogen) atoms. The van der Waals surface area contributed by atoms with Gasteiger partial charge in [0.15, 0.2) is 0 Å². The molecule has 2 N–H and O–H groups in total. The molecule has 2 atom stereocenters. The summed E-state index contributed by atoms with van der Waals surface area (Å²) in [5.74, 6) is 0.578. The Balaban J connectivity index is 1.70. The van der Waals surface area contributed by atoms with Crippen molar-refractivity contribution in [1.29, 1.82) is 0 Å². The Bertz CT molecular complexity index is 719. The topological polar surface area (TPSA) is 78.1 Å². The Labute approximate surface area is 141 Å². The van der Waals surface area contributed by atoms with Crippen molar-refractivity contribution in [3.8, 4) is 0 Å². The van der Waals surface area contributed by atoms with E-state index in [1.54, 1.807) is 4.90 Å². The Morgan fingerprint density at radius 3 is 2.75 bits per heavy atom. The molecule has 0 unspecified atom stereocenters. The lowest BCUT2D eigenvalue weighted by Gasteiger charge is -2.26. The summed E-state index contributed by atoms with van der Waals surface area (Å²) in [6.07, 6.45) is 1.59. The second-order valence-electron chi connectivity index (χ2n) is 6.71. The average molecular weight is 328 g/mol. The standard InChI is InChI=1S/C18H24N4O2/c1-11(2)18(24)22-10-6-9-15(22)17(23)19-12(3)16-20-13-7-4-5-8-14(13)21-16/h4-5,7-8,11-12,15H,6,9-10H2,1-3H3,(H,19,23)(H,20,21)/t12-,15-/m0/s1. The first kappa shape index (κ1) is 16.5. The number of fused-ring (bicyclic) bond motifs is 1. The van der Waals surface area contributed by atoms with Gasteiger partial charge in [-0.2, -0.15) is 0 Å². The number of rotatable bonds is 4. The maximum atomic E-state index is 12.6. The number of hydrogen-bond donors (Lipinski definition) is 2. The summed E-state index contributed by atoms with van der Waals surface area (Å²) >= 11 is 0. The van der Waals surface area contributed by atoms with Gasteiger partial charge in [-0.25, -0.2) is 4.98 Å². The van der Waals surface area contributed by atoms with Crippen molar-refractivity contribution < 1.29 is 9.59 Å². The molecule has 2 aromatic rings. The molecule has 0 bridgehead atoms. The smallest absolute Gasteiger partial charge is 0.243 e. The van der Waals surface area contributed by atoms with E-state index < -0.39 is 0 Å². The third-order valence-corrected chi connectivity index (χ3v) is 4.51. The van der Waals surface area contributed by atoms with Crippen LogP contribution in [0.4, 0.5) is 0 Å². The minimum absolute atomic E-state index is 0.0454. The number of imidazole rings is 1. The zero-order chi connectivity index (χ0) is 17.3. The second-order valence-corrected chi connectivity index (χ2v) is 6.71. The molecule has 2 heterocycles. The van der Waals surface area contributed by atoms with E-state index in [2.05, 4.69) is 15.3 Å². The predicted octanol–water partition coefficient (Wildman–Crippen LogP) is 2.39. The molecule has 128 valence electrons. The number of aromatic nitrogens is 2. The van der Waals surface area contributed by atoms with E-state index in [-0.39, 0.29) is 29.8 Å². The molecule has 1 aromatic carbocycles. The summed E-state index contributed by atoms with van der Waals surface area (Å²) in [6, 6.07) is 7.17. The minimum atomic E-state index is -0.369. The van der Waals surface area contributed by atoms with Crippen LogP contribution in [-0.4, -0.2) is 39.3 Å². The van der Waals surface area contributed by atoms with E-state index in [1.807, 2.05) is 45.0 Å². The van der Waals surface area contributed by atoms with Crippen LogP contribution < -0.4 is 5.32 Å². The fourth-order valence-corrected chi connectivity index (χ4v) is 3.19. The fraction of sp³-hybridized carbons (Fsp3) is 0.500. The van der Waals surface area contributed by atoms with Gasteiger partial charge in [0.25, 0.3) is 0 Å². The Morgan fingerprint density at radius 2 is 2.04 bits per heavy atom. The largest absolute Gasteiger partial charge is 0.345 e. The highest BCUT2D eigenvalue weighted by Crippen LogP contribution is 2.21. The van der Waals surface area contributed by atoms with Gasteiger partial charge in [0.05, 0.1) is 17.1 Å². The third kappa shape index (κ3) is 3.13.